The maximum atomic E-state index is 13.6. The number of pyridine rings is 1. The molecule has 1 aromatic carbocycles. The molecule has 35 heavy (non-hydrogen) atoms. The molecule has 2 aromatic rings. The number of amides is 2. The highest BCUT2D eigenvalue weighted by atomic mass is 32.2. The molecule has 2 unspecified atom stereocenters. The number of nitrogens with one attached hydrogen (secondary N) is 3. The summed E-state index contributed by atoms with van der Waals surface area (Å²) in [5, 5.41) is 8.66. The van der Waals surface area contributed by atoms with Crippen molar-refractivity contribution in [2.75, 3.05) is 10.6 Å². The van der Waals surface area contributed by atoms with E-state index in [-0.39, 0.29) is 17.6 Å². The minimum absolute atomic E-state index is 0.0667. The van der Waals surface area contributed by atoms with Gasteiger partial charge in [0.15, 0.2) is 0 Å². The molecular formula is C24H27F3N4O3S. The maximum Gasteiger partial charge on any atom is 0.416 e. The van der Waals surface area contributed by atoms with Crippen LogP contribution >= 0.6 is 11.8 Å². The Morgan fingerprint density at radius 3 is 2.66 bits per heavy atom. The van der Waals surface area contributed by atoms with Crippen molar-refractivity contribution < 1.29 is 27.5 Å². The Balaban J connectivity index is 1.52. The lowest BCUT2D eigenvalue weighted by molar-refractivity contribution is -0.137. The fourth-order valence-corrected chi connectivity index (χ4v) is 5.20. The van der Waals surface area contributed by atoms with Gasteiger partial charge in [-0.1, -0.05) is 18.2 Å². The third-order valence-electron chi connectivity index (χ3n) is 5.72. The van der Waals surface area contributed by atoms with Gasteiger partial charge >= 0.3 is 12.3 Å². The molecule has 2 heterocycles. The van der Waals surface area contributed by atoms with E-state index < -0.39 is 29.4 Å². The number of hydrogen-bond acceptors (Lipinski definition) is 6. The van der Waals surface area contributed by atoms with Crippen molar-refractivity contribution in [3.8, 4) is 0 Å². The lowest BCUT2D eigenvalue weighted by Gasteiger charge is -2.30. The van der Waals surface area contributed by atoms with Gasteiger partial charge in [-0.15, -0.1) is 0 Å². The van der Waals surface area contributed by atoms with E-state index in [0.29, 0.717) is 46.8 Å². The molecule has 0 spiro atoms. The minimum atomic E-state index is -4.57. The summed E-state index contributed by atoms with van der Waals surface area (Å²) in [6.45, 7) is 5.29. The van der Waals surface area contributed by atoms with Gasteiger partial charge in [0.1, 0.15) is 5.60 Å². The molecule has 0 radical (unpaired) electrons. The van der Waals surface area contributed by atoms with Gasteiger partial charge in [-0.25, -0.2) is 4.79 Å². The van der Waals surface area contributed by atoms with Crippen LogP contribution in [-0.2, 0) is 15.7 Å². The number of aromatic nitrogens is 1. The zero-order valence-electron chi connectivity index (χ0n) is 19.6. The largest absolute Gasteiger partial charge is 0.444 e. The second kappa shape index (κ2) is 9.60. The molecule has 0 bridgehead atoms. The SMILES string of the molecule is CC(C)(C)OC(=O)NC1CCCC(C(=O)Nc2cc(C(F)(F)F)cc3c2Nc2ccncc2S3)C1. The summed E-state index contributed by atoms with van der Waals surface area (Å²) in [5.41, 5.74) is -0.308. The second-order valence-corrected chi connectivity index (χ2v) is 10.8. The van der Waals surface area contributed by atoms with Crippen LogP contribution in [0.15, 0.2) is 40.4 Å². The quantitative estimate of drug-likeness (QED) is 0.383. The zero-order valence-corrected chi connectivity index (χ0v) is 20.4. The van der Waals surface area contributed by atoms with E-state index in [0.717, 1.165) is 23.9 Å². The van der Waals surface area contributed by atoms with Crippen LogP contribution in [0.2, 0.25) is 0 Å². The van der Waals surface area contributed by atoms with Gasteiger partial charge in [0.2, 0.25) is 5.91 Å². The van der Waals surface area contributed by atoms with Crippen LogP contribution in [0.25, 0.3) is 0 Å². The van der Waals surface area contributed by atoms with Crippen molar-refractivity contribution in [2.24, 2.45) is 5.92 Å². The molecule has 7 nitrogen and oxygen atoms in total. The molecule has 0 saturated heterocycles. The van der Waals surface area contributed by atoms with Gasteiger partial charge in [-0.2, -0.15) is 13.2 Å². The minimum Gasteiger partial charge on any atom is -0.444 e. The number of fused-ring (bicyclic) bond motifs is 2. The van der Waals surface area contributed by atoms with Crippen LogP contribution in [0.1, 0.15) is 52.0 Å². The monoisotopic (exact) mass is 508 g/mol. The number of hydrogen-bond donors (Lipinski definition) is 3. The van der Waals surface area contributed by atoms with E-state index in [1.807, 2.05) is 0 Å². The number of halogens is 3. The third-order valence-corrected chi connectivity index (χ3v) is 6.80. The van der Waals surface area contributed by atoms with Gasteiger partial charge in [-0.3, -0.25) is 9.78 Å². The molecule has 2 atom stereocenters. The van der Waals surface area contributed by atoms with Crippen LogP contribution in [0.4, 0.5) is 35.0 Å². The van der Waals surface area contributed by atoms with Gasteiger partial charge in [0.25, 0.3) is 0 Å². The molecule has 2 aliphatic rings. The maximum absolute atomic E-state index is 13.6. The van der Waals surface area contributed by atoms with E-state index >= 15 is 0 Å². The molecule has 2 amide bonds. The van der Waals surface area contributed by atoms with Crippen molar-refractivity contribution >= 4 is 40.8 Å². The van der Waals surface area contributed by atoms with Crippen molar-refractivity contribution in [3.05, 3.63) is 36.2 Å². The number of alkyl halides is 3. The fraction of sp³-hybridized carbons (Fsp3) is 0.458. The first-order chi connectivity index (χ1) is 16.4. The number of alkyl carbamates (subject to hydrolysis) is 1. The van der Waals surface area contributed by atoms with Gasteiger partial charge in [0, 0.05) is 29.2 Å². The van der Waals surface area contributed by atoms with Gasteiger partial charge in [0.05, 0.1) is 27.5 Å². The lowest BCUT2D eigenvalue weighted by atomic mass is 9.85. The van der Waals surface area contributed by atoms with E-state index in [1.165, 1.54) is 0 Å². The standard InChI is InChI=1S/C24H27F3N4O3S/c1-23(2,3)34-22(33)29-15-6-4-5-13(9-15)21(32)31-17-10-14(24(25,26)27)11-18-20(17)30-16-7-8-28-12-19(16)35-18/h7-8,10-13,15,30H,4-6,9H2,1-3H3,(H,29,33)(H,31,32). The number of rotatable bonds is 3. The zero-order chi connectivity index (χ0) is 25.4. The van der Waals surface area contributed by atoms with Crippen molar-refractivity contribution in [1.82, 2.24) is 10.3 Å². The summed E-state index contributed by atoms with van der Waals surface area (Å²) in [7, 11) is 0. The number of anilines is 3. The predicted molar refractivity (Wildman–Crippen MR) is 127 cm³/mol. The Labute approximate surface area is 205 Å². The van der Waals surface area contributed by atoms with Crippen molar-refractivity contribution in [2.45, 2.75) is 74.1 Å². The number of carbonyl (C=O) groups is 2. The topological polar surface area (TPSA) is 92.3 Å². The van der Waals surface area contributed by atoms with Crippen LogP contribution in [0.5, 0.6) is 0 Å². The van der Waals surface area contributed by atoms with Crippen molar-refractivity contribution in [1.29, 1.82) is 0 Å². The Bertz CT molecular complexity index is 1130. The van der Waals surface area contributed by atoms with Gasteiger partial charge < -0.3 is 20.7 Å². The average molecular weight is 509 g/mol. The predicted octanol–water partition coefficient (Wildman–Crippen LogP) is 6.33. The van der Waals surface area contributed by atoms with Crippen LogP contribution in [0, 0.1) is 5.92 Å². The summed E-state index contributed by atoms with van der Waals surface area (Å²) < 4.78 is 46.1. The molecule has 1 saturated carbocycles. The summed E-state index contributed by atoms with van der Waals surface area (Å²) in [6.07, 6.45) is 0.397. The first-order valence-corrected chi connectivity index (χ1v) is 12.2. The van der Waals surface area contributed by atoms with Crippen LogP contribution < -0.4 is 16.0 Å². The van der Waals surface area contributed by atoms with E-state index in [9.17, 15) is 22.8 Å². The van der Waals surface area contributed by atoms with Crippen LogP contribution in [0.3, 0.4) is 0 Å². The molecule has 11 heteroatoms. The Morgan fingerprint density at radius 2 is 1.94 bits per heavy atom. The summed E-state index contributed by atoms with van der Waals surface area (Å²) in [5.74, 6) is -0.837. The Morgan fingerprint density at radius 1 is 1.17 bits per heavy atom. The number of carbonyl (C=O) groups excluding carboxylic acids is 2. The van der Waals surface area contributed by atoms with E-state index in [1.54, 1.807) is 39.2 Å². The molecule has 4 rings (SSSR count). The summed E-state index contributed by atoms with van der Waals surface area (Å²) in [6, 6.07) is 3.50. The normalized spacial score (nSPS) is 19.6. The molecule has 1 aromatic heterocycles. The average Bonchev–Trinajstić information content (AvgIpc) is 2.76. The first kappa shape index (κ1) is 25.2. The summed E-state index contributed by atoms with van der Waals surface area (Å²) in [4.78, 5) is 30.3. The third kappa shape index (κ3) is 6.19. The molecule has 1 aliphatic heterocycles. The Hall–Kier alpha value is -2.95. The molecule has 3 N–H and O–H groups in total. The molecule has 188 valence electrons. The van der Waals surface area contributed by atoms with Gasteiger partial charge in [-0.05, 0) is 58.2 Å². The highest BCUT2D eigenvalue weighted by molar-refractivity contribution is 7.99. The summed E-state index contributed by atoms with van der Waals surface area (Å²) >= 11 is 1.16. The highest BCUT2D eigenvalue weighted by Gasteiger charge is 2.35. The number of benzene rings is 1. The second-order valence-electron chi connectivity index (χ2n) is 9.69. The van der Waals surface area contributed by atoms with Crippen LogP contribution in [-0.4, -0.2) is 28.6 Å². The first-order valence-electron chi connectivity index (χ1n) is 11.3. The number of nitrogens with zero attached hydrogens (tertiary/aromatic N) is 1. The lowest BCUT2D eigenvalue weighted by Crippen LogP contribution is -2.43. The smallest absolute Gasteiger partial charge is 0.416 e. The van der Waals surface area contributed by atoms with Crippen molar-refractivity contribution in [3.63, 3.8) is 0 Å². The number of ether oxygens (including phenoxy) is 1. The Kier molecular flexibility index (Phi) is 6.90. The van der Waals surface area contributed by atoms with E-state index in [2.05, 4.69) is 20.9 Å². The fourth-order valence-electron chi connectivity index (χ4n) is 4.17. The highest BCUT2D eigenvalue weighted by Crippen LogP contribution is 2.49. The van der Waals surface area contributed by atoms with E-state index in [4.69, 9.17) is 4.74 Å². The molecular weight excluding hydrogens is 481 g/mol. The molecule has 1 aliphatic carbocycles. The molecule has 1 fully saturated rings.